The Bertz CT molecular complexity index is 420. The molecule has 4 nitrogen and oxygen atoms in total. The average molecular weight is 320 g/mol. The Hall–Kier alpha value is -0.610. The van der Waals surface area contributed by atoms with Gasteiger partial charge in [0.25, 0.3) is 0 Å². The van der Waals surface area contributed by atoms with E-state index in [1.165, 1.54) is 51.4 Å². The molecule has 0 aromatic carbocycles. The van der Waals surface area contributed by atoms with Gasteiger partial charge < -0.3 is 9.64 Å². The maximum atomic E-state index is 13.0. The summed E-state index contributed by atoms with van der Waals surface area (Å²) < 4.78 is 5.93. The minimum absolute atomic E-state index is 0.311. The molecular formula is C19H32N2O2. The molecule has 4 rings (SSSR count). The first-order valence-electron chi connectivity index (χ1n) is 9.98. The van der Waals surface area contributed by atoms with E-state index in [-0.39, 0.29) is 0 Å². The first-order valence-corrected chi connectivity index (χ1v) is 9.98. The van der Waals surface area contributed by atoms with Gasteiger partial charge in [0.05, 0.1) is 25.3 Å². The number of fused-ring (bicyclic) bond motifs is 1. The highest BCUT2D eigenvalue weighted by molar-refractivity contribution is 5.79. The number of rotatable bonds is 3. The highest BCUT2D eigenvalue weighted by Crippen LogP contribution is 2.35. The summed E-state index contributed by atoms with van der Waals surface area (Å²) in [4.78, 5) is 17.7. The van der Waals surface area contributed by atoms with Gasteiger partial charge in [0.1, 0.15) is 0 Å². The van der Waals surface area contributed by atoms with Crippen molar-refractivity contribution < 1.29 is 9.53 Å². The summed E-state index contributed by atoms with van der Waals surface area (Å²) in [5.41, 5.74) is 0. The number of amides is 1. The zero-order chi connectivity index (χ0) is 15.6. The van der Waals surface area contributed by atoms with E-state index in [1.807, 2.05) is 0 Å². The van der Waals surface area contributed by atoms with Crippen LogP contribution in [0.15, 0.2) is 0 Å². The number of hydrogen-bond acceptors (Lipinski definition) is 3. The molecule has 2 aliphatic heterocycles. The Morgan fingerprint density at radius 1 is 0.870 bits per heavy atom. The number of carbonyl (C=O) groups excluding carboxylic acids is 1. The summed E-state index contributed by atoms with van der Waals surface area (Å²) in [6.45, 7) is 3.33. The van der Waals surface area contributed by atoms with Crippen LogP contribution in [0.4, 0.5) is 0 Å². The van der Waals surface area contributed by atoms with Gasteiger partial charge in [-0.25, -0.2) is 0 Å². The van der Waals surface area contributed by atoms with E-state index in [4.69, 9.17) is 4.74 Å². The Morgan fingerprint density at radius 2 is 1.61 bits per heavy atom. The van der Waals surface area contributed by atoms with Gasteiger partial charge in [-0.15, -0.1) is 0 Å². The Morgan fingerprint density at radius 3 is 2.48 bits per heavy atom. The molecule has 0 bridgehead atoms. The minimum Gasteiger partial charge on any atom is -0.374 e. The quantitative estimate of drug-likeness (QED) is 0.801. The van der Waals surface area contributed by atoms with Crippen LogP contribution in [0.3, 0.4) is 0 Å². The van der Waals surface area contributed by atoms with Crippen molar-refractivity contribution >= 4 is 5.91 Å². The highest BCUT2D eigenvalue weighted by Gasteiger charge is 2.39. The third kappa shape index (κ3) is 3.30. The molecule has 23 heavy (non-hydrogen) atoms. The molecule has 2 saturated heterocycles. The second kappa shape index (κ2) is 7.10. The van der Waals surface area contributed by atoms with Gasteiger partial charge in [-0.05, 0) is 51.0 Å². The molecule has 4 heteroatoms. The molecule has 0 spiro atoms. The van der Waals surface area contributed by atoms with E-state index in [2.05, 4.69) is 9.80 Å². The van der Waals surface area contributed by atoms with Crippen LogP contribution in [0.25, 0.3) is 0 Å². The molecule has 2 aliphatic carbocycles. The van der Waals surface area contributed by atoms with E-state index < -0.39 is 0 Å². The maximum absolute atomic E-state index is 13.0. The van der Waals surface area contributed by atoms with E-state index in [0.29, 0.717) is 30.6 Å². The molecule has 0 N–H and O–H groups in total. The zero-order valence-corrected chi connectivity index (χ0v) is 14.4. The molecule has 4 aliphatic rings. The molecule has 0 radical (unpaired) electrons. The standard InChI is InChI=1S/C19H32N2O2/c22-19(21-12-13-23-18-10-4-3-8-17(18)21)14-20-11-5-9-16(20)15-6-1-2-7-15/h15-18H,1-14H2/t16-,17-,18-/m1/s1. The van der Waals surface area contributed by atoms with Gasteiger partial charge in [-0.2, -0.15) is 0 Å². The zero-order valence-electron chi connectivity index (χ0n) is 14.4. The topological polar surface area (TPSA) is 32.8 Å². The SMILES string of the molecule is O=C(CN1CCC[C@@H]1C1CCCC1)N1CCO[C@@H]2CCCC[C@H]21. The fraction of sp³-hybridized carbons (Fsp3) is 0.947. The maximum Gasteiger partial charge on any atom is 0.237 e. The largest absolute Gasteiger partial charge is 0.374 e. The molecule has 3 atom stereocenters. The van der Waals surface area contributed by atoms with Crippen LogP contribution in [-0.2, 0) is 9.53 Å². The van der Waals surface area contributed by atoms with Crippen LogP contribution >= 0.6 is 0 Å². The molecule has 1 amide bonds. The van der Waals surface area contributed by atoms with Crippen molar-refractivity contribution in [3.8, 4) is 0 Å². The molecule has 0 aromatic heterocycles. The van der Waals surface area contributed by atoms with E-state index >= 15 is 0 Å². The van der Waals surface area contributed by atoms with Crippen molar-refractivity contribution in [3.63, 3.8) is 0 Å². The van der Waals surface area contributed by atoms with Crippen molar-refractivity contribution in [2.75, 3.05) is 26.2 Å². The first-order chi connectivity index (χ1) is 11.3. The number of hydrogen-bond donors (Lipinski definition) is 0. The molecule has 0 aromatic rings. The summed E-state index contributed by atoms with van der Waals surface area (Å²) >= 11 is 0. The monoisotopic (exact) mass is 320 g/mol. The number of nitrogens with zero attached hydrogens (tertiary/aromatic N) is 2. The van der Waals surface area contributed by atoms with Gasteiger partial charge in [-0.1, -0.05) is 25.7 Å². The van der Waals surface area contributed by atoms with Crippen LogP contribution in [0, 0.1) is 5.92 Å². The summed E-state index contributed by atoms with van der Waals surface area (Å²) in [6, 6.07) is 1.04. The molecular weight excluding hydrogens is 288 g/mol. The summed E-state index contributed by atoms with van der Waals surface area (Å²) in [5.74, 6) is 1.23. The van der Waals surface area contributed by atoms with Crippen molar-refractivity contribution in [1.29, 1.82) is 0 Å². The van der Waals surface area contributed by atoms with E-state index in [1.54, 1.807) is 0 Å². The van der Waals surface area contributed by atoms with Gasteiger partial charge in [0, 0.05) is 12.6 Å². The van der Waals surface area contributed by atoms with Crippen molar-refractivity contribution in [2.24, 2.45) is 5.92 Å². The van der Waals surface area contributed by atoms with Gasteiger partial charge >= 0.3 is 0 Å². The third-order valence-corrected chi connectivity index (χ3v) is 6.75. The van der Waals surface area contributed by atoms with Gasteiger partial charge in [-0.3, -0.25) is 9.69 Å². The normalized spacial score (nSPS) is 36.3. The van der Waals surface area contributed by atoms with Crippen molar-refractivity contribution in [2.45, 2.75) is 82.4 Å². The predicted molar refractivity (Wildman–Crippen MR) is 90.3 cm³/mol. The smallest absolute Gasteiger partial charge is 0.237 e. The lowest BCUT2D eigenvalue weighted by molar-refractivity contribution is -0.151. The van der Waals surface area contributed by atoms with E-state index in [0.717, 1.165) is 38.5 Å². The predicted octanol–water partition coefficient (Wildman–Crippen LogP) is 2.81. The lowest BCUT2D eigenvalue weighted by atomic mass is 9.90. The Kier molecular flexibility index (Phi) is 4.91. The summed E-state index contributed by atoms with van der Waals surface area (Å²) in [5, 5.41) is 0. The number of morpholine rings is 1. The second-order valence-corrected chi connectivity index (χ2v) is 8.07. The van der Waals surface area contributed by atoms with Gasteiger partial charge in [0.2, 0.25) is 5.91 Å². The minimum atomic E-state index is 0.311. The molecule has 130 valence electrons. The lowest BCUT2D eigenvalue weighted by Gasteiger charge is -2.44. The molecule has 0 unspecified atom stereocenters. The number of ether oxygens (including phenoxy) is 1. The van der Waals surface area contributed by atoms with Crippen LogP contribution < -0.4 is 0 Å². The Labute approximate surface area is 140 Å². The summed E-state index contributed by atoms with van der Waals surface area (Å²) in [7, 11) is 0. The van der Waals surface area contributed by atoms with Crippen LogP contribution in [-0.4, -0.2) is 60.1 Å². The first kappa shape index (κ1) is 15.9. The van der Waals surface area contributed by atoms with Crippen LogP contribution in [0.1, 0.15) is 64.2 Å². The highest BCUT2D eigenvalue weighted by atomic mass is 16.5. The van der Waals surface area contributed by atoms with Crippen molar-refractivity contribution in [3.05, 3.63) is 0 Å². The van der Waals surface area contributed by atoms with Crippen LogP contribution in [0.2, 0.25) is 0 Å². The molecule has 4 fully saturated rings. The van der Waals surface area contributed by atoms with Crippen LogP contribution in [0.5, 0.6) is 0 Å². The fourth-order valence-corrected chi connectivity index (χ4v) is 5.59. The average Bonchev–Trinajstić information content (AvgIpc) is 3.25. The van der Waals surface area contributed by atoms with E-state index in [9.17, 15) is 4.79 Å². The summed E-state index contributed by atoms with van der Waals surface area (Å²) in [6.07, 6.45) is 13.3. The lowest BCUT2D eigenvalue weighted by Crippen LogP contribution is -2.57. The number of carbonyl (C=O) groups is 1. The molecule has 2 saturated carbocycles. The van der Waals surface area contributed by atoms with Crippen molar-refractivity contribution in [1.82, 2.24) is 9.80 Å². The van der Waals surface area contributed by atoms with Gasteiger partial charge in [0.15, 0.2) is 0 Å². The molecule has 2 heterocycles. The third-order valence-electron chi connectivity index (χ3n) is 6.75. The second-order valence-electron chi connectivity index (χ2n) is 8.07. The Balaban J connectivity index is 1.38. The number of likely N-dealkylation sites (tertiary alicyclic amines) is 1. The fourth-order valence-electron chi connectivity index (χ4n) is 5.59.